The zero-order valence-electron chi connectivity index (χ0n) is 17.6. The van der Waals surface area contributed by atoms with Crippen LogP contribution < -0.4 is 10.6 Å². The largest absolute Gasteiger partial charge is 0.351 e. The Kier molecular flexibility index (Phi) is 7.48. The highest BCUT2D eigenvalue weighted by Gasteiger charge is 2.52. The molecular weight excluding hydrogens is 435 g/mol. The first kappa shape index (κ1) is 23.7. The standard InChI is InChI=1S/C23H25FN4O3.ClH/c24-19-8-6-17(7-9-19)14-25-20(29)16-27-12-10-23(11-13-27)21(30)28(22(31)26-23)15-18-4-2-1-3-5-18;/h1-9H,10-16H2,(H,25,29)(H,26,31);1H. The molecule has 0 atom stereocenters. The molecule has 2 aliphatic rings. The van der Waals surface area contributed by atoms with E-state index in [1.807, 2.05) is 35.2 Å². The number of nitrogens with one attached hydrogen (secondary N) is 2. The van der Waals surface area contributed by atoms with Crippen LogP contribution in [0.25, 0.3) is 0 Å². The van der Waals surface area contributed by atoms with Crippen molar-refractivity contribution in [3.63, 3.8) is 0 Å². The number of carbonyl (C=O) groups is 3. The molecule has 0 aliphatic carbocycles. The SMILES string of the molecule is Cl.O=C(CN1CCC2(CC1)NC(=O)N(Cc1ccccc1)C2=O)NCc1ccc(F)cc1. The van der Waals surface area contributed by atoms with Crippen molar-refractivity contribution in [2.75, 3.05) is 19.6 Å². The first-order valence-electron chi connectivity index (χ1n) is 10.4. The van der Waals surface area contributed by atoms with Crippen molar-refractivity contribution in [2.45, 2.75) is 31.5 Å². The summed E-state index contributed by atoms with van der Waals surface area (Å²) in [6.07, 6.45) is 0.933. The monoisotopic (exact) mass is 460 g/mol. The summed E-state index contributed by atoms with van der Waals surface area (Å²) in [5.41, 5.74) is 0.843. The molecule has 2 fully saturated rings. The molecule has 2 heterocycles. The van der Waals surface area contributed by atoms with Gasteiger partial charge in [0.25, 0.3) is 5.91 Å². The van der Waals surface area contributed by atoms with E-state index in [4.69, 9.17) is 0 Å². The van der Waals surface area contributed by atoms with Gasteiger partial charge in [0.15, 0.2) is 0 Å². The molecule has 0 radical (unpaired) electrons. The van der Waals surface area contributed by atoms with Gasteiger partial charge in [-0.2, -0.15) is 0 Å². The number of likely N-dealkylation sites (tertiary alicyclic amines) is 1. The molecule has 1 spiro atoms. The van der Waals surface area contributed by atoms with Crippen molar-refractivity contribution >= 4 is 30.3 Å². The number of rotatable bonds is 6. The lowest BCUT2D eigenvalue weighted by Crippen LogP contribution is -2.56. The summed E-state index contributed by atoms with van der Waals surface area (Å²) in [5.74, 6) is -0.636. The van der Waals surface area contributed by atoms with Crippen LogP contribution in [-0.4, -0.2) is 52.8 Å². The Labute approximate surface area is 192 Å². The number of benzene rings is 2. The molecule has 7 nitrogen and oxygen atoms in total. The molecule has 2 N–H and O–H groups in total. The van der Waals surface area contributed by atoms with Gasteiger partial charge in [0, 0.05) is 19.6 Å². The van der Waals surface area contributed by atoms with E-state index in [1.54, 1.807) is 12.1 Å². The highest BCUT2D eigenvalue weighted by molar-refractivity contribution is 6.07. The number of hydrogen-bond acceptors (Lipinski definition) is 4. The fourth-order valence-electron chi connectivity index (χ4n) is 4.08. The number of hydrogen-bond donors (Lipinski definition) is 2. The zero-order valence-corrected chi connectivity index (χ0v) is 18.4. The quantitative estimate of drug-likeness (QED) is 0.649. The van der Waals surface area contributed by atoms with Gasteiger partial charge in [-0.05, 0) is 36.1 Å². The Hall–Kier alpha value is -2.97. The van der Waals surface area contributed by atoms with Crippen molar-refractivity contribution in [1.29, 1.82) is 0 Å². The van der Waals surface area contributed by atoms with Gasteiger partial charge >= 0.3 is 6.03 Å². The van der Waals surface area contributed by atoms with Crippen LogP contribution in [0, 0.1) is 5.82 Å². The number of urea groups is 1. The zero-order chi connectivity index (χ0) is 21.8. The van der Waals surface area contributed by atoms with Crippen LogP contribution in [0.3, 0.4) is 0 Å². The van der Waals surface area contributed by atoms with E-state index < -0.39 is 5.54 Å². The van der Waals surface area contributed by atoms with Gasteiger partial charge < -0.3 is 10.6 Å². The minimum Gasteiger partial charge on any atom is -0.351 e. The Bertz CT molecular complexity index is 963. The van der Waals surface area contributed by atoms with Gasteiger partial charge in [0.05, 0.1) is 13.1 Å². The van der Waals surface area contributed by atoms with E-state index >= 15 is 0 Å². The number of nitrogens with zero attached hydrogens (tertiary/aromatic N) is 2. The summed E-state index contributed by atoms with van der Waals surface area (Å²) in [5, 5.41) is 5.72. The summed E-state index contributed by atoms with van der Waals surface area (Å²) in [6, 6.07) is 15.1. The average molecular weight is 461 g/mol. The Morgan fingerprint density at radius 1 is 1.00 bits per heavy atom. The first-order valence-corrected chi connectivity index (χ1v) is 10.4. The third-order valence-corrected chi connectivity index (χ3v) is 5.91. The maximum atomic E-state index is 13.0. The lowest BCUT2D eigenvalue weighted by atomic mass is 9.87. The van der Waals surface area contributed by atoms with E-state index in [2.05, 4.69) is 10.6 Å². The van der Waals surface area contributed by atoms with Crippen molar-refractivity contribution in [1.82, 2.24) is 20.4 Å². The maximum absolute atomic E-state index is 13.0. The van der Waals surface area contributed by atoms with Gasteiger partial charge in [-0.1, -0.05) is 42.5 Å². The number of carbonyl (C=O) groups excluding carboxylic acids is 3. The number of piperidine rings is 1. The Morgan fingerprint density at radius 2 is 1.66 bits per heavy atom. The molecule has 0 bridgehead atoms. The molecule has 4 amide bonds. The van der Waals surface area contributed by atoms with E-state index in [1.165, 1.54) is 17.0 Å². The predicted molar refractivity (Wildman–Crippen MR) is 119 cm³/mol. The third kappa shape index (κ3) is 5.26. The number of halogens is 2. The number of amides is 4. The van der Waals surface area contributed by atoms with E-state index in [0.717, 1.165) is 11.1 Å². The summed E-state index contributed by atoms with van der Waals surface area (Å²) < 4.78 is 13.0. The third-order valence-electron chi connectivity index (χ3n) is 5.91. The van der Waals surface area contributed by atoms with Gasteiger partial charge in [-0.15, -0.1) is 12.4 Å². The molecule has 4 rings (SSSR count). The summed E-state index contributed by atoms with van der Waals surface area (Å²) in [6.45, 7) is 1.88. The van der Waals surface area contributed by atoms with E-state index in [-0.39, 0.29) is 49.2 Å². The molecule has 0 unspecified atom stereocenters. The molecule has 170 valence electrons. The normalized spacial score (nSPS) is 17.7. The van der Waals surface area contributed by atoms with Gasteiger partial charge in [0.1, 0.15) is 11.4 Å². The lowest BCUT2D eigenvalue weighted by Gasteiger charge is -2.36. The van der Waals surface area contributed by atoms with Crippen molar-refractivity contribution in [3.05, 3.63) is 71.5 Å². The Balaban J connectivity index is 0.00000289. The van der Waals surface area contributed by atoms with Crippen LogP contribution in [0.4, 0.5) is 9.18 Å². The molecule has 2 saturated heterocycles. The summed E-state index contributed by atoms with van der Waals surface area (Å²) in [7, 11) is 0. The molecule has 9 heteroatoms. The van der Waals surface area contributed by atoms with Crippen LogP contribution >= 0.6 is 12.4 Å². The molecule has 2 aromatic carbocycles. The molecule has 2 aromatic rings. The smallest absolute Gasteiger partial charge is 0.325 e. The fraction of sp³-hybridized carbons (Fsp3) is 0.348. The van der Waals surface area contributed by atoms with Gasteiger partial charge in [-0.3, -0.25) is 19.4 Å². The minimum absolute atomic E-state index is 0. The summed E-state index contributed by atoms with van der Waals surface area (Å²) in [4.78, 5) is 41.0. The molecule has 0 saturated carbocycles. The highest BCUT2D eigenvalue weighted by Crippen LogP contribution is 2.30. The molecule has 32 heavy (non-hydrogen) atoms. The topological polar surface area (TPSA) is 81.8 Å². The molecular formula is C23H26ClFN4O3. The first-order chi connectivity index (χ1) is 14.9. The number of imide groups is 1. The lowest BCUT2D eigenvalue weighted by molar-refractivity contribution is -0.133. The van der Waals surface area contributed by atoms with Crippen molar-refractivity contribution in [3.8, 4) is 0 Å². The van der Waals surface area contributed by atoms with Gasteiger partial charge in [-0.25, -0.2) is 9.18 Å². The Morgan fingerprint density at radius 3 is 2.31 bits per heavy atom. The van der Waals surface area contributed by atoms with E-state index in [9.17, 15) is 18.8 Å². The van der Waals surface area contributed by atoms with Crippen LogP contribution in [0.1, 0.15) is 24.0 Å². The summed E-state index contributed by atoms with van der Waals surface area (Å²) >= 11 is 0. The molecule has 0 aromatic heterocycles. The van der Waals surface area contributed by atoms with Crippen molar-refractivity contribution in [2.24, 2.45) is 0 Å². The van der Waals surface area contributed by atoms with Crippen LogP contribution in [0.15, 0.2) is 54.6 Å². The second-order valence-electron chi connectivity index (χ2n) is 8.07. The van der Waals surface area contributed by atoms with Crippen LogP contribution in [0.5, 0.6) is 0 Å². The average Bonchev–Trinajstić information content (AvgIpc) is 3.00. The van der Waals surface area contributed by atoms with Crippen LogP contribution in [0.2, 0.25) is 0 Å². The van der Waals surface area contributed by atoms with E-state index in [0.29, 0.717) is 32.5 Å². The second-order valence-corrected chi connectivity index (χ2v) is 8.07. The minimum atomic E-state index is -0.882. The maximum Gasteiger partial charge on any atom is 0.325 e. The predicted octanol–water partition coefficient (Wildman–Crippen LogP) is 2.45. The highest BCUT2D eigenvalue weighted by atomic mass is 35.5. The molecule has 2 aliphatic heterocycles. The van der Waals surface area contributed by atoms with Crippen molar-refractivity contribution < 1.29 is 18.8 Å². The fourth-order valence-corrected chi connectivity index (χ4v) is 4.08. The van der Waals surface area contributed by atoms with Gasteiger partial charge in [0.2, 0.25) is 5.91 Å². The second kappa shape index (κ2) is 10.1. The van der Waals surface area contributed by atoms with Crippen LogP contribution in [-0.2, 0) is 22.7 Å².